The molecular formula is C24H33NO3. The molecule has 5 rings (SSSR count). The van der Waals surface area contributed by atoms with Crippen molar-refractivity contribution in [3.8, 4) is 0 Å². The monoisotopic (exact) mass is 383 g/mol. The maximum Gasteiger partial charge on any atom is 0.227 e. The predicted octanol–water partition coefficient (Wildman–Crippen LogP) is 4.26. The number of nitrogens with zero attached hydrogens (tertiary/aromatic N) is 1. The van der Waals surface area contributed by atoms with E-state index in [1.54, 1.807) is 0 Å². The van der Waals surface area contributed by atoms with Crippen molar-refractivity contribution in [1.29, 1.82) is 0 Å². The van der Waals surface area contributed by atoms with Crippen LogP contribution in [0.15, 0.2) is 30.3 Å². The molecule has 0 spiro atoms. The molecule has 1 aromatic rings. The first-order chi connectivity index (χ1) is 13.7. The van der Waals surface area contributed by atoms with E-state index in [1.165, 1.54) is 25.7 Å². The first-order valence-corrected chi connectivity index (χ1v) is 11.3. The average molecular weight is 384 g/mol. The molecular weight excluding hydrogens is 350 g/mol. The summed E-state index contributed by atoms with van der Waals surface area (Å²) in [6, 6.07) is 10.3. The molecule has 4 nitrogen and oxygen atoms in total. The Morgan fingerprint density at radius 2 is 1.32 bits per heavy atom. The minimum absolute atomic E-state index is 0.00768. The molecule has 0 aromatic heterocycles. The van der Waals surface area contributed by atoms with Crippen LogP contribution in [-0.4, -0.2) is 47.3 Å². The van der Waals surface area contributed by atoms with E-state index in [2.05, 4.69) is 17.0 Å². The summed E-state index contributed by atoms with van der Waals surface area (Å²) in [6.45, 7) is 1.75. The molecule has 0 N–H and O–H groups in total. The third-order valence-corrected chi connectivity index (χ3v) is 7.48. The Balaban J connectivity index is 1.49. The molecule has 0 radical (unpaired) electrons. The van der Waals surface area contributed by atoms with E-state index in [1.807, 2.05) is 18.2 Å². The highest BCUT2D eigenvalue weighted by molar-refractivity contribution is 5.80. The lowest BCUT2D eigenvalue weighted by Gasteiger charge is -2.52. The predicted molar refractivity (Wildman–Crippen MR) is 108 cm³/mol. The van der Waals surface area contributed by atoms with Gasteiger partial charge in [0.25, 0.3) is 0 Å². The highest BCUT2D eigenvalue weighted by atomic mass is 16.6. The van der Waals surface area contributed by atoms with Crippen LogP contribution in [0.2, 0.25) is 0 Å². The zero-order valence-corrected chi connectivity index (χ0v) is 16.9. The summed E-state index contributed by atoms with van der Waals surface area (Å²) in [7, 11) is 0. The average Bonchev–Trinajstić information content (AvgIpc) is 3.58. The Morgan fingerprint density at radius 1 is 0.857 bits per heavy atom. The molecule has 2 atom stereocenters. The second-order valence-electron chi connectivity index (χ2n) is 9.57. The lowest BCUT2D eigenvalue weighted by atomic mass is 9.79. The van der Waals surface area contributed by atoms with Crippen molar-refractivity contribution in [3.63, 3.8) is 0 Å². The van der Waals surface area contributed by atoms with Gasteiger partial charge in [0.1, 0.15) is 0 Å². The van der Waals surface area contributed by atoms with Gasteiger partial charge in [-0.3, -0.25) is 4.79 Å². The number of hydrogen-bond donors (Lipinski definition) is 0. The van der Waals surface area contributed by atoms with Crippen molar-refractivity contribution >= 4 is 5.91 Å². The molecule has 2 saturated carbocycles. The Labute approximate surface area is 168 Å². The lowest BCUT2D eigenvalue weighted by Crippen LogP contribution is -2.62. The molecule has 2 aliphatic carbocycles. The lowest BCUT2D eigenvalue weighted by molar-refractivity contribution is -0.149. The van der Waals surface area contributed by atoms with Gasteiger partial charge in [-0.05, 0) is 44.1 Å². The molecule has 2 saturated heterocycles. The number of epoxide rings is 2. The fourth-order valence-electron chi connectivity index (χ4n) is 6.21. The molecule has 152 valence electrons. The van der Waals surface area contributed by atoms with Crippen LogP contribution in [0.5, 0.6) is 0 Å². The van der Waals surface area contributed by atoms with Gasteiger partial charge in [0.2, 0.25) is 5.91 Å². The molecule has 2 heterocycles. The summed E-state index contributed by atoms with van der Waals surface area (Å²) in [5, 5.41) is 0. The van der Waals surface area contributed by atoms with Gasteiger partial charge < -0.3 is 14.4 Å². The number of ether oxygens (including phenoxy) is 2. The maximum absolute atomic E-state index is 13.9. The van der Waals surface area contributed by atoms with Crippen molar-refractivity contribution < 1.29 is 14.3 Å². The van der Waals surface area contributed by atoms with Gasteiger partial charge in [-0.1, -0.05) is 56.0 Å². The summed E-state index contributed by atoms with van der Waals surface area (Å²) in [5.74, 6) is 0.330. The van der Waals surface area contributed by atoms with Crippen LogP contribution in [0, 0.1) is 0 Å². The van der Waals surface area contributed by atoms with Gasteiger partial charge in [0, 0.05) is 11.1 Å². The minimum Gasteiger partial charge on any atom is -0.373 e. The summed E-state index contributed by atoms with van der Waals surface area (Å²) in [4.78, 5) is 16.4. The number of carbonyl (C=O) groups is 1. The van der Waals surface area contributed by atoms with Crippen LogP contribution in [0.1, 0.15) is 69.8 Å². The Bertz CT molecular complexity index is 649. The van der Waals surface area contributed by atoms with Gasteiger partial charge in [-0.2, -0.15) is 0 Å². The van der Waals surface area contributed by atoms with Crippen molar-refractivity contribution in [2.75, 3.05) is 13.2 Å². The van der Waals surface area contributed by atoms with Crippen molar-refractivity contribution in [2.24, 2.45) is 0 Å². The van der Waals surface area contributed by atoms with Gasteiger partial charge in [-0.15, -0.1) is 0 Å². The van der Waals surface area contributed by atoms with Crippen LogP contribution in [0.3, 0.4) is 0 Å². The van der Waals surface area contributed by atoms with Gasteiger partial charge >= 0.3 is 0 Å². The molecule has 1 aromatic carbocycles. The Kier molecular flexibility index (Phi) is 4.96. The van der Waals surface area contributed by atoms with Crippen LogP contribution in [-0.2, 0) is 20.7 Å². The second-order valence-corrected chi connectivity index (χ2v) is 9.57. The number of rotatable bonds is 8. The SMILES string of the molecule is O=C(Cc1ccccc1)N(C1(CC2CO2)CCCC1)C1(CC2CO2)CCCC1. The third-order valence-electron chi connectivity index (χ3n) is 7.48. The number of hydrogen-bond acceptors (Lipinski definition) is 3. The van der Waals surface area contributed by atoms with E-state index in [0.717, 1.165) is 57.3 Å². The van der Waals surface area contributed by atoms with Gasteiger partial charge in [0.05, 0.1) is 31.8 Å². The first-order valence-electron chi connectivity index (χ1n) is 11.3. The van der Waals surface area contributed by atoms with Crippen LogP contribution in [0.4, 0.5) is 0 Å². The largest absolute Gasteiger partial charge is 0.373 e. The number of carbonyl (C=O) groups excluding carboxylic acids is 1. The fourth-order valence-corrected chi connectivity index (χ4v) is 6.21. The van der Waals surface area contributed by atoms with Crippen molar-refractivity contribution in [2.45, 2.75) is 93.9 Å². The van der Waals surface area contributed by atoms with Crippen molar-refractivity contribution in [1.82, 2.24) is 4.90 Å². The summed E-state index contributed by atoms with van der Waals surface area (Å²) < 4.78 is 11.3. The molecule has 4 heteroatoms. The van der Waals surface area contributed by atoms with Crippen LogP contribution in [0.25, 0.3) is 0 Å². The van der Waals surface area contributed by atoms with Crippen LogP contribution >= 0.6 is 0 Å². The molecule has 0 bridgehead atoms. The number of benzene rings is 1. The van der Waals surface area contributed by atoms with E-state index in [9.17, 15) is 4.79 Å². The van der Waals surface area contributed by atoms with Crippen molar-refractivity contribution in [3.05, 3.63) is 35.9 Å². The summed E-state index contributed by atoms with van der Waals surface area (Å²) in [5.41, 5.74) is 1.11. The second kappa shape index (κ2) is 7.46. The molecule has 2 unspecified atom stereocenters. The quantitative estimate of drug-likeness (QED) is 0.630. The smallest absolute Gasteiger partial charge is 0.227 e. The van der Waals surface area contributed by atoms with E-state index in [0.29, 0.717) is 24.5 Å². The van der Waals surface area contributed by atoms with E-state index < -0.39 is 0 Å². The first kappa shape index (κ1) is 18.6. The highest BCUT2D eigenvalue weighted by Crippen LogP contribution is 2.51. The van der Waals surface area contributed by atoms with E-state index >= 15 is 0 Å². The molecule has 2 aliphatic heterocycles. The fraction of sp³-hybridized carbons (Fsp3) is 0.708. The standard InChI is InChI=1S/C24H33NO3/c26-22(14-19-8-2-1-3-9-19)25(23(10-4-5-11-23)15-20-17-27-20)24(12-6-7-13-24)16-21-18-28-21/h1-3,8-9,20-21H,4-7,10-18H2. The van der Waals surface area contributed by atoms with Crippen LogP contribution < -0.4 is 0 Å². The zero-order chi connectivity index (χ0) is 19.0. The molecule has 4 fully saturated rings. The normalized spacial score (nSPS) is 29.6. The molecule has 1 amide bonds. The van der Waals surface area contributed by atoms with Gasteiger partial charge in [0.15, 0.2) is 0 Å². The third kappa shape index (κ3) is 3.73. The summed E-state index contributed by atoms with van der Waals surface area (Å²) in [6.07, 6.45) is 12.8. The minimum atomic E-state index is -0.00768. The maximum atomic E-state index is 13.9. The van der Waals surface area contributed by atoms with E-state index in [4.69, 9.17) is 9.47 Å². The topological polar surface area (TPSA) is 45.4 Å². The zero-order valence-electron chi connectivity index (χ0n) is 16.9. The van der Waals surface area contributed by atoms with E-state index in [-0.39, 0.29) is 11.1 Å². The van der Waals surface area contributed by atoms with Gasteiger partial charge in [-0.25, -0.2) is 0 Å². The summed E-state index contributed by atoms with van der Waals surface area (Å²) >= 11 is 0. The number of amides is 1. The molecule has 28 heavy (non-hydrogen) atoms. The Hall–Kier alpha value is -1.39. The molecule has 4 aliphatic rings. The highest BCUT2D eigenvalue weighted by Gasteiger charge is 2.55. The Morgan fingerprint density at radius 3 is 1.75 bits per heavy atom.